The average molecular weight is 263 g/mol. The van der Waals surface area contributed by atoms with Gasteiger partial charge in [0.1, 0.15) is 5.75 Å². The van der Waals surface area contributed by atoms with Gasteiger partial charge in [-0.15, -0.1) is 0 Å². The van der Waals surface area contributed by atoms with E-state index in [2.05, 4.69) is 52.1 Å². The Balaban J connectivity index is 3.20. The molecule has 0 aliphatic heterocycles. The number of benzene rings is 1. The van der Waals surface area contributed by atoms with E-state index in [1.807, 2.05) is 7.05 Å². The van der Waals surface area contributed by atoms with E-state index in [1.54, 1.807) is 7.11 Å². The van der Waals surface area contributed by atoms with Crippen LogP contribution in [0, 0.1) is 6.92 Å². The molecule has 19 heavy (non-hydrogen) atoms. The number of ether oxygens (including phenoxy) is 1. The molecule has 1 N–H and O–H groups in total. The molecule has 0 aromatic heterocycles. The Morgan fingerprint density at radius 3 is 2.32 bits per heavy atom. The predicted octanol–water partition coefficient (Wildman–Crippen LogP) is 3.84. The maximum absolute atomic E-state index is 5.55. The summed E-state index contributed by atoms with van der Waals surface area (Å²) in [6, 6.07) is 5.05. The molecule has 1 aromatic carbocycles. The maximum Gasteiger partial charge on any atom is 0.122 e. The summed E-state index contributed by atoms with van der Waals surface area (Å²) >= 11 is 0. The predicted molar refractivity (Wildman–Crippen MR) is 83.3 cm³/mol. The van der Waals surface area contributed by atoms with Crippen molar-refractivity contribution in [1.82, 2.24) is 5.32 Å². The number of methoxy groups -OCH3 is 1. The van der Waals surface area contributed by atoms with Gasteiger partial charge in [0.25, 0.3) is 0 Å². The van der Waals surface area contributed by atoms with E-state index in [9.17, 15) is 0 Å². The van der Waals surface area contributed by atoms with E-state index >= 15 is 0 Å². The Morgan fingerprint density at radius 2 is 1.89 bits per heavy atom. The first-order valence-electron chi connectivity index (χ1n) is 7.18. The molecule has 1 unspecified atom stereocenters. The summed E-state index contributed by atoms with van der Waals surface area (Å²) in [6.45, 7) is 11.1. The van der Waals surface area contributed by atoms with Crippen LogP contribution in [0.3, 0.4) is 0 Å². The van der Waals surface area contributed by atoms with Crippen LogP contribution < -0.4 is 10.1 Å². The van der Waals surface area contributed by atoms with Gasteiger partial charge in [0, 0.05) is 6.04 Å². The molecule has 2 heteroatoms. The molecule has 108 valence electrons. The zero-order valence-electron chi connectivity index (χ0n) is 13.6. The molecule has 0 spiro atoms. The van der Waals surface area contributed by atoms with E-state index in [0.29, 0.717) is 6.04 Å². The lowest BCUT2D eigenvalue weighted by molar-refractivity contribution is 0.396. The van der Waals surface area contributed by atoms with Gasteiger partial charge in [-0.05, 0) is 55.0 Å². The number of likely N-dealkylation sites (N-methyl/N-ethyl adjacent to an activating group) is 1. The number of rotatable bonds is 5. The lowest BCUT2D eigenvalue weighted by Gasteiger charge is -2.25. The molecule has 1 atom stereocenters. The van der Waals surface area contributed by atoms with Gasteiger partial charge < -0.3 is 10.1 Å². The minimum absolute atomic E-state index is 0.106. The smallest absolute Gasteiger partial charge is 0.122 e. The number of hydrogen-bond donors (Lipinski definition) is 1. The third-order valence-electron chi connectivity index (χ3n) is 3.83. The van der Waals surface area contributed by atoms with E-state index < -0.39 is 0 Å². The Hall–Kier alpha value is -1.02. The average Bonchev–Trinajstić information content (AvgIpc) is 2.35. The molecular formula is C17H29NO. The first-order valence-corrected chi connectivity index (χ1v) is 7.18. The van der Waals surface area contributed by atoms with Gasteiger partial charge in [-0.1, -0.05) is 33.8 Å². The Labute approximate surface area is 118 Å². The second-order valence-corrected chi connectivity index (χ2v) is 6.33. The van der Waals surface area contributed by atoms with Crippen LogP contribution >= 0.6 is 0 Å². The van der Waals surface area contributed by atoms with Crippen molar-refractivity contribution in [3.05, 3.63) is 28.8 Å². The normalized spacial score (nSPS) is 13.4. The van der Waals surface area contributed by atoms with Crippen LogP contribution in [0.5, 0.6) is 5.75 Å². The highest BCUT2D eigenvalue weighted by Gasteiger charge is 2.21. The maximum atomic E-state index is 5.55. The fourth-order valence-electron chi connectivity index (χ4n) is 2.42. The lowest BCUT2D eigenvalue weighted by Crippen LogP contribution is -2.27. The van der Waals surface area contributed by atoms with E-state index in [4.69, 9.17) is 4.74 Å². The van der Waals surface area contributed by atoms with Crippen molar-refractivity contribution in [2.75, 3.05) is 14.2 Å². The molecule has 0 saturated heterocycles. The van der Waals surface area contributed by atoms with Crippen molar-refractivity contribution in [2.24, 2.45) is 0 Å². The summed E-state index contributed by atoms with van der Waals surface area (Å²) in [7, 11) is 3.80. The molecule has 0 aliphatic carbocycles. The van der Waals surface area contributed by atoms with Gasteiger partial charge in [0.05, 0.1) is 7.11 Å². The van der Waals surface area contributed by atoms with Crippen molar-refractivity contribution in [3.8, 4) is 5.75 Å². The summed E-state index contributed by atoms with van der Waals surface area (Å²) in [5.74, 6) is 1.01. The van der Waals surface area contributed by atoms with Crippen LogP contribution in [-0.2, 0) is 11.8 Å². The Kier molecular flexibility index (Phi) is 5.42. The molecule has 0 fully saturated rings. The molecule has 0 bridgehead atoms. The second-order valence-electron chi connectivity index (χ2n) is 6.33. The molecule has 1 aromatic rings. The van der Waals surface area contributed by atoms with E-state index in [1.165, 1.54) is 16.7 Å². The monoisotopic (exact) mass is 263 g/mol. The zero-order valence-corrected chi connectivity index (χ0v) is 13.6. The van der Waals surface area contributed by atoms with Crippen molar-refractivity contribution in [1.29, 1.82) is 0 Å². The molecule has 0 saturated carbocycles. The second kappa shape index (κ2) is 6.42. The molecule has 0 aliphatic rings. The first-order chi connectivity index (χ1) is 8.83. The first kappa shape index (κ1) is 16.0. The van der Waals surface area contributed by atoms with Crippen LogP contribution in [0.2, 0.25) is 0 Å². The Morgan fingerprint density at radius 1 is 1.26 bits per heavy atom. The zero-order chi connectivity index (χ0) is 14.6. The minimum Gasteiger partial charge on any atom is -0.496 e. The largest absolute Gasteiger partial charge is 0.496 e. The van der Waals surface area contributed by atoms with E-state index in [-0.39, 0.29) is 5.41 Å². The van der Waals surface area contributed by atoms with Crippen molar-refractivity contribution in [2.45, 2.75) is 58.9 Å². The van der Waals surface area contributed by atoms with Gasteiger partial charge in [-0.25, -0.2) is 0 Å². The summed E-state index contributed by atoms with van der Waals surface area (Å²) < 4.78 is 5.55. The van der Waals surface area contributed by atoms with Gasteiger partial charge in [0.15, 0.2) is 0 Å². The van der Waals surface area contributed by atoms with Gasteiger partial charge >= 0.3 is 0 Å². The van der Waals surface area contributed by atoms with Crippen LogP contribution in [0.25, 0.3) is 0 Å². The Bertz CT molecular complexity index is 414. The topological polar surface area (TPSA) is 21.3 Å². The number of hydrogen-bond acceptors (Lipinski definition) is 2. The summed E-state index contributed by atoms with van der Waals surface area (Å²) in [6.07, 6.45) is 2.22. The number of nitrogens with one attached hydrogen (secondary N) is 1. The van der Waals surface area contributed by atoms with Crippen LogP contribution in [0.15, 0.2) is 12.1 Å². The highest BCUT2D eigenvalue weighted by atomic mass is 16.5. The van der Waals surface area contributed by atoms with Crippen molar-refractivity contribution < 1.29 is 4.74 Å². The fourth-order valence-corrected chi connectivity index (χ4v) is 2.42. The van der Waals surface area contributed by atoms with Crippen LogP contribution in [0.1, 0.15) is 50.8 Å². The molecular weight excluding hydrogens is 234 g/mol. The van der Waals surface area contributed by atoms with Gasteiger partial charge in [0.2, 0.25) is 0 Å². The fraction of sp³-hybridized carbons (Fsp3) is 0.647. The highest BCUT2D eigenvalue weighted by Crippen LogP contribution is 2.34. The summed E-state index contributed by atoms with van der Waals surface area (Å²) in [4.78, 5) is 0. The van der Waals surface area contributed by atoms with Gasteiger partial charge in [-0.3, -0.25) is 0 Å². The molecule has 1 rings (SSSR count). The highest BCUT2D eigenvalue weighted by molar-refractivity contribution is 5.46. The number of aryl methyl sites for hydroxylation is 1. The molecule has 2 nitrogen and oxygen atoms in total. The third-order valence-corrected chi connectivity index (χ3v) is 3.83. The minimum atomic E-state index is 0.106. The van der Waals surface area contributed by atoms with Crippen LogP contribution in [0.4, 0.5) is 0 Å². The van der Waals surface area contributed by atoms with Crippen molar-refractivity contribution in [3.63, 3.8) is 0 Å². The van der Waals surface area contributed by atoms with Gasteiger partial charge in [-0.2, -0.15) is 0 Å². The SMILES string of the molecule is CCC(Cc1cc(C(C)(C)C)c(OC)cc1C)NC. The quantitative estimate of drug-likeness (QED) is 0.871. The summed E-state index contributed by atoms with van der Waals surface area (Å²) in [5.41, 5.74) is 4.14. The lowest BCUT2D eigenvalue weighted by atomic mass is 9.83. The summed E-state index contributed by atoms with van der Waals surface area (Å²) in [5, 5.41) is 3.38. The van der Waals surface area contributed by atoms with Crippen LogP contribution in [-0.4, -0.2) is 20.2 Å². The molecule has 0 radical (unpaired) electrons. The van der Waals surface area contributed by atoms with E-state index in [0.717, 1.165) is 18.6 Å². The molecule has 0 heterocycles. The standard InChI is InChI=1S/C17H29NO/c1-8-14(18-6)10-13-11-15(17(3,4)5)16(19-7)9-12(13)2/h9,11,14,18H,8,10H2,1-7H3. The van der Waals surface area contributed by atoms with Crippen molar-refractivity contribution >= 4 is 0 Å². The molecule has 0 amide bonds. The third kappa shape index (κ3) is 3.97.